The van der Waals surface area contributed by atoms with Crippen molar-refractivity contribution in [2.45, 2.75) is 17.3 Å². The molecule has 6 aromatic rings. The number of anilines is 3. The number of hydrogen-bond acceptors (Lipinski definition) is 6. The van der Waals surface area contributed by atoms with E-state index in [4.69, 9.17) is 0 Å². The highest BCUT2D eigenvalue weighted by Gasteiger charge is 2.56. The summed E-state index contributed by atoms with van der Waals surface area (Å²) in [4.78, 5) is 0. The van der Waals surface area contributed by atoms with Crippen molar-refractivity contribution in [3.8, 4) is 0 Å². The molecule has 252 valence electrons. The molecule has 0 bridgehead atoms. The zero-order valence-electron chi connectivity index (χ0n) is 29.5. The fraction of sp³-hybridized carbons (Fsp3) is 0.143. The Hall–Kier alpha value is -4.04. The van der Waals surface area contributed by atoms with Gasteiger partial charge in [0, 0.05) is 34.3 Å². The molecule has 0 spiro atoms. The third kappa shape index (κ3) is 7.35. The van der Waals surface area contributed by atoms with Crippen molar-refractivity contribution in [1.29, 1.82) is 0 Å². The van der Waals surface area contributed by atoms with Crippen LogP contribution in [-0.2, 0) is 17.3 Å². The summed E-state index contributed by atoms with van der Waals surface area (Å²) in [5, 5.41) is 0. The van der Waals surface area contributed by atoms with Crippen LogP contribution in [0.1, 0.15) is 16.7 Å². The summed E-state index contributed by atoms with van der Waals surface area (Å²) >= 11 is 5.65. The van der Waals surface area contributed by atoms with Gasteiger partial charge in [-0.2, -0.15) is 35.3 Å². The summed E-state index contributed by atoms with van der Waals surface area (Å²) in [5.74, 6) is 2.80. The first-order valence-electron chi connectivity index (χ1n) is 17.5. The van der Waals surface area contributed by atoms with E-state index in [1.165, 1.54) is 50.1 Å². The summed E-state index contributed by atoms with van der Waals surface area (Å²) in [6, 6.07) is 60.6. The average molecular weight is 717 g/mol. The van der Waals surface area contributed by atoms with E-state index >= 15 is 0 Å². The molecule has 1 aliphatic heterocycles. The first-order valence-corrected chi connectivity index (χ1v) is 21.6. The molecule has 7 rings (SSSR count). The monoisotopic (exact) mass is 717 g/mol. The van der Waals surface area contributed by atoms with Gasteiger partial charge < -0.3 is 14.2 Å². The fourth-order valence-corrected chi connectivity index (χ4v) is 9.29. The van der Waals surface area contributed by atoms with Crippen molar-refractivity contribution in [1.82, 2.24) is 0 Å². The fourth-order valence-electron chi connectivity index (χ4n) is 7.57. The number of hydrogen-bond donors (Lipinski definition) is 0. The Morgan fingerprint density at radius 2 is 0.569 bits per heavy atom. The molecule has 0 unspecified atom stereocenters. The van der Waals surface area contributed by atoms with Crippen molar-refractivity contribution < 1.29 is 0 Å². The van der Waals surface area contributed by atoms with Gasteiger partial charge in [0.1, 0.15) is 0 Å². The Kier molecular flexibility index (Phi) is 11.8. The first-order chi connectivity index (χ1) is 25.2. The third-order valence-electron chi connectivity index (χ3n) is 9.64. The van der Waals surface area contributed by atoms with E-state index < -0.39 is 0 Å². The molecule has 0 aliphatic carbocycles. The van der Waals surface area contributed by atoms with Crippen molar-refractivity contribution in [3.05, 3.63) is 180 Å². The van der Waals surface area contributed by atoms with E-state index in [-0.39, 0.29) is 20.9 Å². The van der Waals surface area contributed by atoms with Crippen molar-refractivity contribution in [3.63, 3.8) is 0 Å². The predicted molar refractivity (Wildman–Crippen MR) is 234 cm³/mol. The second-order valence-electron chi connectivity index (χ2n) is 12.7. The maximum absolute atomic E-state index is 2.70. The van der Waals surface area contributed by atoms with Gasteiger partial charge in [-0.15, -0.1) is 0 Å². The van der Waals surface area contributed by atoms with Gasteiger partial charge >= 0.3 is 20.9 Å². The summed E-state index contributed by atoms with van der Waals surface area (Å²) < 4.78 is 8.10. The Balaban J connectivity index is 1.65. The van der Waals surface area contributed by atoms with E-state index in [0.717, 1.165) is 17.3 Å². The summed E-state index contributed by atoms with van der Waals surface area (Å²) in [6.45, 7) is -0.423. The summed E-state index contributed by atoms with van der Waals surface area (Å²) in [5.41, 5.74) is 11.6. The molecule has 1 heterocycles. The second kappa shape index (κ2) is 17.0. The number of para-hydroxylation sites is 3. The van der Waals surface area contributed by atoms with Gasteiger partial charge in [-0.25, -0.2) is 0 Å². The highest BCUT2D eigenvalue weighted by atomic mass is 32.2. The van der Waals surface area contributed by atoms with Crippen LogP contribution in [0.5, 0.6) is 0 Å². The van der Waals surface area contributed by atoms with Crippen LogP contribution in [0.25, 0.3) is 0 Å². The topological polar surface area (TPSA) is 9.72 Å². The standard InChI is InChI=1S/C42H42B3N3S3/c1-49-31-34-19-13-16-28-40(34)43-46(37-22-7-4-8-23-37)44(41-29-17-14-20-35(41)32-50-2)48(39-26-11-6-12-27-39)45(47(43)38-24-9-5-10-25-38)42-30-18-15-21-36(42)33-51-3/h4-30H,31-33H2,1-3H3. The van der Waals surface area contributed by atoms with E-state index in [9.17, 15) is 0 Å². The maximum Gasteiger partial charge on any atom is 0.389 e. The van der Waals surface area contributed by atoms with Crippen LogP contribution in [0.4, 0.5) is 17.1 Å². The largest absolute Gasteiger partial charge is 0.416 e. The van der Waals surface area contributed by atoms with E-state index in [2.05, 4.69) is 197 Å². The molecule has 0 N–H and O–H groups in total. The lowest BCUT2D eigenvalue weighted by Crippen LogP contribution is -2.87. The van der Waals surface area contributed by atoms with Crippen LogP contribution in [0.2, 0.25) is 0 Å². The zero-order valence-corrected chi connectivity index (χ0v) is 32.0. The molecule has 51 heavy (non-hydrogen) atoms. The molecule has 0 aromatic heterocycles. The van der Waals surface area contributed by atoms with Crippen LogP contribution in [0.3, 0.4) is 0 Å². The predicted octanol–water partition coefficient (Wildman–Crippen LogP) is 8.30. The molecular weight excluding hydrogens is 675 g/mol. The number of nitrogens with zero attached hydrogens (tertiary/aromatic N) is 3. The van der Waals surface area contributed by atoms with Crippen molar-refractivity contribution >= 4 is 89.7 Å². The molecule has 1 aliphatic rings. The maximum atomic E-state index is 2.70. The molecule has 3 nitrogen and oxygen atoms in total. The minimum atomic E-state index is -0.141. The van der Waals surface area contributed by atoms with Gasteiger partial charge in [-0.1, -0.05) is 127 Å². The Morgan fingerprint density at radius 1 is 0.333 bits per heavy atom. The number of rotatable bonds is 12. The van der Waals surface area contributed by atoms with Gasteiger partial charge in [-0.3, -0.25) is 0 Å². The van der Waals surface area contributed by atoms with Crippen molar-refractivity contribution in [2.24, 2.45) is 0 Å². The highest BCUT2D eigenvalue weighted by Crippen LogP contribution is 2.35. The molecular formula is C42H42B3N3S3. The lowest BCUT2D eigenvalue weighted by atomic mass is 9.36. The Bertz CT molecular complexity index is 1760. The smallest absolute Gasteiger partial charge is 0.389 e. The van der Waals surface area contributed by atoms with E-state index in [1.54, 1.807) is 0 Å². The van der Waals surface area contributed by atoms with Crippen LogP contribution >= 0.6 is 35.3 Å². The van der Waals surface area contributed by atoms with Crippen LogP contribution in [0.15, 0.2) is 164 Å². The molecule has 6 aromatic carbocycles. The molecule has 0 atom stereocenters. The van der Waals surface area contributed by atoms with E-state index in [1.807, 2.05) is 35.3 Å². The minimum Gasteiger partial charge on any atom is -0.416 e. The quantitative estimate of drug-likeness (QED) is 0.117. The minimum absolute atomic E-state index is 0.141. The van der Waals surface area contributed by atoms with E-state index in [0.29, 0.717) is 0 Å². The first kappa shape index (κ1) is 35.4. The van der Waals surface area contributed by atoms with Gasteiger partial charge in [0.15, 0.2) is 0 Å². The van der Waals surface area contributed by atoms with Gasteiger partial charge in [0.05, 0.1) is 0 Å². The normalized spacial score (nSPS) is 13.2. The SMILES string of the molecule is CSCc1ccccc1B1N(c2ccccc2)B(c2ccccc2CSC)N(c2ccccc2)B(c2ccccc2CSC)N1c1ccccc1. The Morgan fingerprint density at radius 3 is 0.824 bits per heavy atom. The lowest BCUT2D eigenvalue weighted by Gasteiger charge is -2.57. The molecule has 1 fully saturated rings. The molecule has 0 amide bonds. The van der Waals surface area contributed by atoms with Crippen molar-refractivity contribution in [2.75, 3.05) is 32.9 Å². The molecule has 0 radical (unpaired) electrons. The molecule has 9 heteroatoms. The number of thioether (sulfide) groups is 3. The van der Waals surface area contributed by atoms with Gasteiger partial charge in [0.2, 0.25) is 0 Å². The average Bonchev–Trinajstić information content (AvgIpc) is 3.19. The van der Waals surface area contributed by atoms with Gasteiger partial charge in [0.25, 0.3) is 0 Å². The van der Waals surface area contributed by atoms with Crippen LogP contribution in [-0.4, -0.2) is 39.7 Å². The Labute approximate surface area is 318 Å². The third-order valence-corrected chi connectivity index (χ3v) is 11.4. The zero-order chi connectivity index (χ0) is 35.0. The van der Waals surface area contributed by atoms with Crippen LogP contribution in [0, 0.1) is 0 Å². The summed E-state index contributed by atoms with van der Waals surface area (Å²) in [6.07, 6.45) is 6.63. The summed E-state index contributed by atoms with van der Waals surface area (Å²) in [7, 11) is 0. The highest BCUT2D eigenvalue weighted by molar-refractivity contribution is 7.98. The second-order valence-corrected chi connectivity index (χ2v) is 15.3. The van der Waals surface area contributed by atoms with Gasteiger partial charge in [-0.05, 0) is 88.2 Å². The number of benzene rings is 6. The molecule has 0 saturated carbocycles. The molecule has 1 saturated heterocycles. The van der Waals surface area contributed by atoms with Crippen LogP contribution < -0.4 is 30.6 Å². The lowest BCUT2D eigenvalue weighted by molar-refractivity contribution is 1.27.